The number of rotatable bonds is 5. The Morgan fingerprint density at radius 2 is 2.25 bits per heavy atom. The predicted molar refractivity (Wildman–Crippen MR) is 64.4 cm³/mol. The summed E-state index contributed by atoms with van der Waals surface area (Å²) in [5.74, 6) is 0.109. The average Bonchev–Trinajstić information content (AvgIpc) is 2.76. The molecule has 1 saturated heterocycles. The number of ether oxygens (including phenoxy) is 1. The van der Waals surface area contributed by atoms with E-state index in [1.54, 1.807) is 7.11 Å². The Kier molecular flexibility index (Phi) is 4.33. The molecule has 4 heteroatoms. The first-order valence-corrected chi connectivity index (χ1v) is 6.04. The number of hydrogen-bond acceptors (Lipinski definition) is 3. The van der Waals surface area contributed by atoms with Crippen LogP contribution in [0.2, 0.25) is 0 Å². The molecule has 0 aliphatic carbocycles. The molecule has 1 atom stereocenters. The van der Waals surface area contributed by atoms with E-state index in [0.29, 0.717) is 6.54 Å². The number of hydrogen-bond donors (Lipinski definition) is 2. The molecule has 16 heavy (non-hydrogen) atoms. The molecule has 0 aromatic heterocycles. The van der Waals surface area contributed by atoms with E-state index in [1.165, 1.54) is 0 Å². The predicted octanol–water partition coefficient (Wildman–Crippen LogP) is 1.06. The standard InChI is InChI=1S/C12H24N2O2/c1-5-12(7-6-8-14-12)10(15)13-9-11(2,3)16-4/h14H,5-9H2,1-4H3,(H,13,15). The van der Waals surface area contributed by atoms with Gasteiger partial charge < -0.3 is 15.4 Å². The van der Waals surface area contributed by atoms with Gasteiger partial charge in [0.1, 0.15) is 0 Å². The molecule has 1 unspecified atom stereocenters. The van der Waals surface area contributed by atoms with Gasteiger partial charge in [-0.15, -0.1) is 0 Å². The summed E-state index contributed by atoms with van der Waals surface area (Å²) in [5, 5.41) is 6.30. The Morgan fingerprint density at radius 3 is 2.69 bits per heavy atom. The lowest BCUT2D eigenvalue weighted by Gasteiger charge is -2.30. The third kappa shape index (κ3) is 2.95. The lowest BCUT2D eigenvalue weighted by Crippen LogP contribution is -2.55. The first-order valence-electron chi connectivity index (χ1n) is 6.04. The molecule has 4 nitrogen and oxygen atoms in total. The van der Waals surface area contributed by atoms with Gasteiger partial charge in [-0.25, -0.2) is 0 Å². The summed E-state index contributed by atoms with van der Waals surface area (Å²) in [7, 11) is 1.66. The maximum absolute atomic E-state index is 12.1. The molecule has 1 amide bonds. The van der Waals surface area contributed by atoms with Crippen LogP contribution in [-0.4, -0.2) is 37.2 Å². The lowest BCUT2D eigenvalue weighted by atomic mass is 9.93. The Hall–Kier alpha value is -0.610. The summed E-state index contributed by atoms with van der Waals surface area (Å²) >= 11 is 0. The monoisotopic (exact) mass is 228 g/mol. The van der Waals surface area contributed by atoms with E-state index in [2.05, 4.69) is 17.6 Å². The van der Waals surface area contributed by atoms with Gasteiger partial charge in [-0.1, -0.05) is 6.92 Å². The van der Waals surface area contributed by atoms with Gasteiger partial charge in [0.15, 0.2) is 0 Å². The molecule has 1 fully saturated rings. The maximum Gasteiger partial charge on any atom is 0.240 e. The van der Waals surface area contributed by atoms with E-state index in [1.807, 2.05) is 13.8 Å². The highest BCUT2D eigenvalue weighted by atomic mass is 16.5. The largest absolute Gasteiger partial charge is 0.377 e. The minimum Gasteiger partial charge on any atom is -0.377 e. The van der Waals surface area contributed by atoms with Gasteiger partial charge in [0.25, 0.3) is 0 Å². The molecule has 0 bridgehead atoms. The lowest BCUT2D eigenvalue weighted by molar-refractivity contribution is -0.128. The highest BCUT2D eigenvalue weighted by molar-refractivity contribution is 5.86. The summed E-state index contributed by atoms with van der Waals surface area (Å²) in [5.41, 5.74) is -0.646. The first kappa shape index (κ1) is 13.5. The molecule has 1 aliphatic heterocycles. The van der Waals surface area contributed by atoms with Gasteiger partial charge >= 0.3 is 0 Å². The van der Waals surface area contributed by atoms with Crippen molar-refractivity contribution in [3.8, 4) is 0 Å². The first-order chi connectivity index (χ1) is 7.46. The van der Waals surface area contributed by atoms with Crippen molar-refractivity contribution >= 4 is 5.91 Å². The van der Waals surface area contributed by atoms with Crippen molar-refractivity contribution in [1.29, 1.82) is 0 Å². The van der Waals surface area contributed by atoms with Crippen LogP contribution >= 0.6 is 0 Å². The number of amides is 1. The van der Waals surface area contributed by atoms with Crippen molar-refractivity contribution in [3.63, 3.8) is 0 Å². The highest BCUT2D eigenvalue weighted by Crippen LogP contribution is 2.23. The quantitative estimate of drug-likeness (QED) is 0.740. The molecular formula is C12H24N2O2. The zero-order valence-corrected chi connectivity index (χ0v) is 10.9. The Morgan fingerprint density at radius 1 is 1.56 bits per heavy atom. The normalized spacial score (nSPS) is 25.8. The van der Waals surface area contributed by atoms with Crippen molar-refractivity contribution in [2.45, 2.75) is 51.2 Å². The van der Waals surface area contributed by atoms with Crippen LogP contribution in [0.4, 0.5) is 0 Å². The van der Waals surface area contributed by atoms with Gasteiger partial charge in [-0.2, -0.15) is 0 Å². The molecule has 2 N–H and O–H groups in total. The van der Waals surface area contributed by atoms with Gasteiger partial charge in [0.05, 0.1) is 11.1 Å². The summed E-state index contributed by atoms with van der Waals surface area (Å²) in [6.45, 7) is 7.47. The van der Waals surface area contributed by atoms with E-state index in [0.717, 1.165) is 25.8 Å². The molecule has 0 aromatic carbocycles. The molecule has 1 rings (SSSR count). The van der Waals surface area contributed by atoms with E-state index < -0.39 is 0 Å². The number of carbonyl (C=O) groups excluding carboxylic acids is 1. The Balaban J connectivity index is 2.51. The Bertz CT molecular complexity index is 245. The molecule has 1 heterocycles. The summed E-state index contributed by atoms with van der Waals surface area (Å²) in [6, 6.07) is 0. The van der Waals surface area contributed by atoms with E-state index >= 15 is 0 Å². The van der Waals surface area contributed by atoms with Crippen molar-refractivity contribution < 1.29 is 9.53 Å². The smallest absolute Gasteiger partial charge is 0.240 e. The second-order valence-electron chi connectivity index (χ2n) is 5.11. The van der Waals surface area contributed by atoms with Gasteiger partial charge in [0.2, 0.25) is 5.91 Å². The van der Waals surface area contributed by atoms with Crippen LogP contribution in [0, 0.1) is 0 Å². The Labute approximate surface area is 98.1 Å². The van der Waals surface area contributed by atoms with Crippen molar-refractivity contribution in [2.24, 2.45) is 0 Å². The van der Waals surface area contributed by atoms with Gasteiger partial charge in [-0.05, 0) is 39.7 Å². The topological polar surface area (TPSA) is 50.4 Å². The van der Waals surface area contributed by atoms with Crippen LogP contribution in [0.25, 0.3) is 0 Å². The highest BCUT2D eigenvalue weighted by Gasteiger charge is 2.39. The zero-order chi connectivity index (χ0) is 12.2. The minimum absolute atomic E-state index is 0.109. The van der Waals surface area contributed by atoms with Crippen LogP contribution in [0.15, 0.2) is 0 Å². The van der Waals surface area contributed by atoms with Crippen LogP contribution < -0.4 is 10.6 Å². The summed E-state index contributed by atoms with van der Waals surface area (Å²) < 4.78 is 5.28. The number of nitrogens with one attached hydrogen (secondary N) is 2. The molecule has 0 radical (unpaired) electrons. The molecular weight excluding hydrogens is 204 g/mol. The van der Waals surface area contributed by atoms with Crippen LogP contribution in [0.1, 0.15) is 40.0 Å². The second kappa shape index (κ2) is 5.15. The molecule has 0 aromatic rings. The fourth-order valence-electron chi connectivity index (χ4n) is 2.00. The van der Waals surface area contributed by atoms with Crippen LogP contribution in [0.5, 0.6) is 0 Å². The molecule has 94 valence electrons. The van der Waals surface area contributed by atoms with E-state index in [4.69, 9.17) is 4.74 Å². The SMILES string of the molecule is CCC1(C(=O)NCC(C)(C)OC)CCCN1. The second-order valence-corrected chi connectivity index (χ2v) is 5.11. The van der Waals surface area contributed by atoms with E-state index in [9.17, 15) is 4.79 Å². The fourth-order valence-corrected chi connectivity index (χ4v) is 2.00. The number of methoxy groups -OCH3 is 1. The van der Waals surface area contributed by atoms with E-state index in [-0.39, 0.29) is 17.0 Å². The van der Waals surface area contributed by atoms with Gasteiger partial charge in [0, 0.05) is 13.7 Å². The molecule has 0 spiro atoms. The summed E-state index contributed by atoms with van der Waals surface area (Å²) in [6.07, 6.45) is 2.85. The summed E-state index contributed by atoms with van der Waals surface area (Å²) in [4.78, 5) is 12.1. The third-order valence-electron chi connectivity index (χ3n) is 3.51. The third-order valence-corrected chi connectivity index (χ3v) is 3.51. The van der Waals surface area contributed by atoms with Crippen molar-refractivity contribution in [1.82, 2.24) is 10.6 Å². The zero-order valence-electron chi connectivity index (χ0n) is 10.9. The minimum atomic E-state index is -0.343. The maximum atomic E-state index is 12.1. The molecule has 1 aliphatic rings. The fraction of sp³-hybridized carbons (Fsp3) is 0.917. The van der Waals surface area contributed by atoms with Crippen molar-refractivity contribution in [3.05, 3.63) is 0 Å². The van der Waals surface area contributed by atoms with Gasteiger partial charge in [-0.3, -0.25) is 4.79 Å². The number of carbonyl (C=O) groups is 1. The van der Waals surface area contributed by atoms with Crippen LogP contribution in [0.3, 0.4) is 0 Å². The molecule has 0 saturated carbocycles. The average molecular weight is 228 g/mol. The van der Waals surface area contributed by atoms with Crippen molar-refractivity contribution in [2.75, 3.05) is 20.2 Å². The van der Waals surface area contributed by atoms with Crippen LogP contribution in [-0.2, 0) is 9.53 Å².